The molecule has 2 heteroatoms. The Kier molecular flexibility index (Phi) is 19.9. The number of rotatable bonds is 0. The maximum absolute atomic E-state index is 3.40. The van der Waals surface area contributed by atoms with E-state index >= 15 is 0 Å². The first-order valence-corrected chi connectivity index (χ1v) is 1.89. The molecular weight excluding hydrogens is 111 g/mol. The number of halogens is 1. The molecule has 4 heavy (non-hydrogen) atoms. The van der Waals surface area contributed by atoms with Crippen LogP contribution in [0.1, 0.15) is 0 Å². The molecule has 0 aromatic rings. The number of hydrogen-bond donors (Lipinski definition) is 0. The van der Waals surface area contributed by atoms with Crippen LogP contribution in [0.3, 0.4) is 0 Å². The van der Waals surface area contributed by atoms with Gasteiger partial charge in [0.05, 0.1) is 0 Å². The van der Waals surface area contributed by atoms with Gasteiger partial charge in [0.1, 0.15) is 0 Å². The van der Waals surface area contributed by atoms with Crippen molar-refractivity contribution in [3.63, 3.8) is 0 Å². The molecule has 0 rings (SSSR count). The van der Waals surface area contributed by atoms with E-state index in [1.165, 1.54) is 0 Å². The Bertz CT molecular complexity index is 6.00. The van der Waals surface area contributed by atoms with Crippen molar-refractivity contribution in [1.29, 1.82) is 0 Å². The molecule has 0 spiro atoms. The van der Waals surface area contributed by atoms with Gasteiger partial charge >= 0.3 is 18.9 Å². The van der Waals surface area contributed by atoms with Gasteiger partial charge in [0.25, 0.3) is 0 Å². The van der Waals surface area contributed by atoms with Crippen LogP contribution in [0.2, 0.25) is 0 Å². The van der Waals surface area contributed by atoms with Gasteiger partial charge in [-0.25, -0.2) is 0 Å². The molecule has 0 amide bonds. The molecule has 0 unspecified atom stereocenters. The third-order valence-corrected chi connectivity index (χ3v) is 0. The topological polar surface area (TPSA) is 0 Å². The molecule has 0 aliphatic heterocycles. The van der Waals surface area contributed by atoms with Gasteiger partial charge in [0.15, 0.2) is 0 Å². The quantitative estimate of drug-likeness (QED) is 0.199. The van der Waals surface area contributed by atoms with Crippen molar-refractivity contribution in [2.75, 3.05) is 5.33 Å². The molecule has 0 aliphatic rings. The maximum Gasteiger partial charge on any atom is 1.00 e. The van der Waals surface area contributed by atoms with Gasteiger partial charge in [-0.15, -0.1) is 21.3 Å². The number of hydrogen-bond acceptors (Lipinski definition) is 0. The van der Waals surface area contributed by atoms with Crippen LogP contribution >= 0.6 is 15.9 Å². The zero-order valence-electron chi connectivity index (χ0n) is 2.79. The zero-order valence-corrected chi connectivity index (χ0v) is 4.38. The third-order valence-electron chi connectivity index (χ3n) is 0. The normalized spacial score (nSPS) is 4.50. The summed E-state index contributed by atoms with van der Waals surface area (Å²) in [6.07, 6.45) is 0. The summed E-state index contributed by atoms with van der Waals surface area (Å²) >= 11 is 3.03. The Hall–Kier alpha value is 1.08. The molecule has 0 saturated carbocycles. The van der Waals surface area contributed by atoms with Gasteiger partial charge < -0.3 is 6.92 Å². The Morgan fingerprint density at radius 3 is 1.75 bits per heavy atom. The van der Waals surface area contributed by atoms with Crippen molar-refractivity contribution < 1.29 is 18.9 Å². The summed E-state index contributed by atoms with van der Waals surface area (Å²) in [4.78, 5) is 0. The van der Waals surface area contributed by atoms with Crippen LogP contribution in [-0.2, 0) is 0 Å². The number of alkyl halides is 1. The monoisotopic (exact) mass is 114 g/mol. The van der Waals surface area contributed by atoms with Crippen LogP contribution in [0.25, 0.3) is 0 Å². The van der Waals surface area contributed by atoms with E-state index in [9.17, 15) is 0 Å². The predicted octanol–water partition coefficient (Wildman–Crippen LogP) is -1.78. The van der Waals surface area contributed by atoms with Crippen molar-refractivity contribution in [1.82, 2.24) is 0 Å². The molecule has 0 aliphatic carbocycles. The van der Waals surface area contributed by atoms with E-state index in [0.29, 0.717) is 0 Å². The molecule has 20 valence electrons. The van der Waals surface area contributed by atoms with Crippen molar-refractivity contribution in [3.8, 4) is 0 Å². The SMILES string of the molecule is [CH2-]CBr.[Li+]. The van der Waals surface area contributed by atoms with Gasteiger partial charge in [0.2, 0.25) is 0 Å². The van der Waals surface area contributed by atoms with Gasteiger partial charge in [0, 0.05) is 0 Å². The van der Waals surface area contributed by atoms with E-state index in [-0.39, 0.29) is 18.9 Å². The molecule has 0 nitrogen and oxygen atoms in total. The van der Waals surface area contributed by atoms with E-state index in [1.807, 2.05) is 0 Å². The Balaban J connectivity index is 0. The fourth-order valence-electron chi connectivity index (χ4n) is 0. The molecule has 0 fully saturated rings. The Morgan fingerprint density at radius 2 is 1.75 bits per heavy atom. The summed E-state index contributed by atoms with van der Waals surface area (Å²) in [6, 6.07) is 0. The first-order valence-electron chi connectivity index (χ1n) is 0.767. The summed E-state index contributed by atoms with van der Waals surface area (Å²) in [7, 11) is 0. The standard InChI is InChI=1S/C2H4Br.Li/c1-2-3;/h1-2H2;/q-1;+1. The molecular formula is C2H4BrLi. The fraction of sp³-hybridized carbons (Fsp3) is 0.500. The molecule has 0 heterocycles. The van der Waals surface area contributed by atoms with Crippen molar-refractivity contribution in [2.24, 2.45) is 0 Å². The van der Waals surface area contributed by atoms with Gasteiger partial charge in [-0.05, 0) is 0 Å². The van der Waals surface area contributed by atoms with Gasteiger partial charge in [-0.3, -0.25) is 0 Å². The minimum absolute atomic E-state index is 0. The summed E-state index contributed by atoms with van der Waals surface area (Å²) < 4.78 is 0. The first-order chi connectivity index (χ1) is 1.41. The molecule has 0 aromatic heterocycles. The first kappa shape index (κ1) is 8.91. The molecule has 0 N–H and O–H groups in total. The third kappa shape index (κ3) is 11.4. The van der Waals surface area contributed by atoms with Crippen LogP contribution in [0, 0.1) is 6.92 Å². The second-order valence-corrected chi connectivity index (χ2v) is 0.982. The second-order valence-electron chi connectivity index (χ2n) is 0.189. The summed E-state index contributed by atoms with van der Waals surface area (Å²) in [6.45, 7) is 3.40. The summed E-state index contributed by atoms with van der Waals surface area (Å²) in [5.41, 5.74) is 0. The van der Waals surface area contributed by atoms with E-state index < -0.39 is 0 Å². The predicted molar refractivity (Wildman–Crippen MR) is 19.2 cm³/mol. The Morgan fingerprint density at radius 1 is 1.75 bits per heavy atom. The van der Waals surface area contributed by atoms with E-state index in [4.69, 9.17) is 0 Å². The van der Waals surface area contributed by atoms with Crippen LogP contribution in [-0.4, -0.2) is 5.33 Å². The van der Waals surface area contributed by atoms with Crippen molar-refractivity contribution in [2.45, 2.75) is 0 Å². The minimum atomic E-state index is 0. The second kappa shape index (κ2) is 8.95. The van der Waals surface area contributed by atoms with E-state index in [1.54, 1.807) is 0 Å². The minimum Gasteiger partial charge on any atom is -0.333 e. The average Bonchev–Trinajstić information content (AvgIpc) is 0.918. The molecule has 0 radical (unpaired) electrons. The van der Waals surface area contributed by atoms with Crippen LogP contribution < -0.4 is 18.9 Å². The van der Waals surface area contributed by atoms with E-state index in [0.717, 1.165) is 5.33 Å². The van der Waals surface area contributed by atoms with Crippen molar-refractivity contribution >= 4 is 15.9 Å². The van der Waals surface area contributed by atoms with E-state index in [2.05, 4.69) is 22.9 Å². The largest absolute Gasteiger partial charge is 1.00 e. The van der Waals surface area contributed by atoms with Gasteiger partial charge in [-0.1, -0.05) is 0 Å². The van der Waals surface area contributed by atoms with Crippen LogP contribution in [0.5, 0.6) is 0 Å². The maximum atomic E-state index is 3.40. The fourth-order valence-corrected chi connectivity index (χ4v) is 0. The summed E-state index contributed by atoms with van der Waals surface area (Å²) in [5, 5.41) is 0.812. The molecule has 0 saturated heterocycles. The molecule has 0 atom stereocenters. The van der Waals surface area contributed by atoms with Crippen LogP contribution in [0.15, 0.2) is 0 Å². The van der Waals surface area contributed by atoms with Gasteiger partial charge in [-0.2, -0.15) is 0 Å². The van der Waals surface area contributed by atoms with Crippen molar-refractivity contribution in [3.05, 3.63) is 6.92 Å². The molecule has 0 aromatic carbocycles. The smallest absolute Gasteiger partial charge is 0.333 e. The summed E-state index contributed by atoms with van der Waals surface area (Å²) in [5.74, 6) is 0. The average molecular weight is 115 g/mol. The van der Waals surface area contributed by atoms with Crippen LogP contribution in [0.4, 0.5) is 0 Å². The zero-order chi connectivity index (χ0) is 2.71. The Labute approximate surface area is 47.3 Å². The molecule has 0 bridgehead atoms.